The van der Waals surface area contributed by atoms with Gasteiger partial charge in [-0.3, -0.25) is 4.79 Å². The Morgan fingerprint density at radius 2 is 2.00 bits per heavy atom. The predicted molar refractivity (Wildman–Crippen MR) is 74.9 cm³/mol. The SMILES string of the molecule is CC1(C)CN(C(=O)NC(CCC(=O)O)C(=O)O)CCS1. The molecule has 1 fully saturated rings. The van der Waals surface area contributed by atoms with Gasteiger partial charge >= 0.3 is 18.0 Å². The van der Waals surface area contributed by atoms with Gasteiger partial charge in [0.15, 0.2) is 0 Å². The number of carboxylic acid groups (broad SMARTS) is 2. The fraction of sp³-hybridized carbons (Fsp3) is 0.750. The molecule has 0 aliphatic carbocycles. The molecule has 3 N–H and O–H groups in total. The number of nitrogens with zero attached hydrogens (tertiary/aromatic N) is 1. The normalized spacial score (nSPS) is 19.2. The highest BCUT2D eigenvalue weighted by molar-refractivity contribution is 8.00. The van der Waals surface area contributed by atoms with E-state index in [4.69, 9.17) is 10.2 Å². The van der Waals surface area contributed by atoms with Crippen molar-refractivity contribution in [3.8, 4) is 0 Å². The number of thioether (sulfide) groups is 1. The largest absolute Gasteiger partial charge is 0.481 e. The zero-order chi connectivity index (χ0) is 15.3. The Morgan fingerprint density at radius 1 is 1.35 bits per heavy atom. The van der Waals surface area contributed by atoms with Crippen LogP contribution in [0.15, 0.2) is 0 Å². The maximum atomic E-state index is 12.0. The van der Waals surface area contributed by atoms with Crippen LogP contribution in [0.4, 0.5) is 4.79 Å². The maximum Gasteiger partial charge on any atom is 0.326 e. The average molecular weight is 304 g/mol. The maximum absolute atomic E-state index is 12.0. The van der Waals surface area contributed by atoms with Crippen LogP contribution in [0.1, 0.15) is 26.7 Å². The van der Waals surface area contributed by atoms with E-state index in [1.807, 2.05) is 13.8 Å². The summed E-state index contributed by atoms with van der Waals surface area (Å²) >= 11 is 1.77. The first kappa shape index (κ1) is 16.6. The van der Waals surface area contributed by atoms with Crippen molar-refractivity contribution < 1.29 is 24.6 Å². The standard InChI is InChI=1S/C12H20N2O5S/c1-12(2)7-14(5-6-20-12)11(19)13-8(10(17)18)3-4-9(15)16/h8H,3-7H2,1-2H3,(H,13,19)(H,15,16)(H,17,18). The zero-order valence-electron chi connectivity index (χ0n) is 11.6. The molecule has 1 heterocycles. The highest BCUT2D eigenvalue weighted by atomic mass is 32.2. The third kappa shape index (κ3) is 5.28. The molecule has 1 unspecified atom stereocenters. The number of hydrogen-bond donors (Lipinski definition) is 3. The molecule has 2 amide bonds. The van der Waals surface area contributed by atoms with Crippen LogP contribution < -0.4 is 5.32 Å². The van der Waals surface area contributed by atoms with E-state index < -0.39 is 24.0 Å². The first-order chi connectivity index (χ1) is 9.21. The summed E-state index contributed by atoms with van der Waals surface area (Å²) in [6.07, 6.45) is -0.416. The molecule has 114 valence electrons. The van der Waals surface area contributed by atoms with Gasteiger partial charge in [-0.25, -0.2) is 9.59 Å². The average Bonchev–Trinajstić information content (AvgIpc) is 2.32. The Bertz CT molecular complexity index is 399. The van der Waals surface area contributed by atoms with Crippen LogP contribution in [-0.4, -0.2) is 62.7 Å². The number of rotatable bonds is 5. The summed E-state index contributed by atoms with van der Waals surface area (Å²) in [6, 6.07) is -1.62. The molecule has 8 heteroatoms. The summed E-state index contributed by atoms with van der Waals surface area (Å²) in [4.78, 5) is 35.1. The van der Waals surface area contributed by atoms with Crippen LogP contribution in [0, 0.1) is 0 Å². The van der Waals surface area contributed by atoms with Crippen molar-refractivity contribution in [2.75, 3.05) is 18.8 Å². The van der Waals surface area contributed by atoms with E-state index in [-0.39, 0.29) is 17.6 Å². The number of amides is 2. The van der Waals surface area contributed by atoms with Gasteiger partial charge in [0.1, 0.15) is 6.04 Å². The van der Waals surface area contributed by atoms with Crippen LogP contribution in [0.25, 0.3) is 0 Å². The second kappa shape index (κ2) is 6.83. The lowest BCUT2D eigenvalue weighted by Gasteiger charge is -2.37. The number of carboxylic acids is 2. The summed E-state index contributed by atoms with van der Waals surface area (Å²) in [5.74, 6) is -1.50. The number of carbonyl (C=O) groups is 3. The third-order valence-electron chi connectivity index (χ3n) is 2.96. The minimum absolute atomic E-state index is 0.0601. The molecule has 1 aliphatic heterocycles. The molecule has 0 aromatic heterocycles. The van der Waals surface area contributed by atoms with Crippen LogP contribution in [0.3, 0.4) is 0 Å². The molecular formula is C12H20N2O5S. The zero-order valence-corrected chi connectivity index (χ0v) is 12.4. The van der Waals surface area contributed by atoms with Crippen LogP contribution >= 0.6 is 11.8 Å². The Hall–Kier alpha value is -1.44. The van der Waals surface area contributed by atoms with Crippen LogP contribution in [-0.2, 0) is 9.59 Å². The summed E-state index contributed by atoms with van der Waals surface area (Å²) in [6.45, 7) is 5.15. The van der Waals surface area contributed by atoms with E-state index in [1.54, 1.807) is 16.7 Å². The van der Waals surface area contributed by atoms with Gasteiger partial charge in [-0.05, 0) is 20.3 Å². The number of aliphatic carboxylic acids is 2. The van der Waals surface area contributed by atoms with Gasteiger partial charge in [0.25, 0.3) is 0 Å². The van der Waals surface area contributed by atoms with E-state index in [0.29, 0.717) is 13.1 Å². The number of hydrogen-bond acceptors (Lipinski definition) is 4. The van der Waals surface area contributed by atoms with Gasteiger partial charge in [0, 0.05) is 30.0 Å². The minimum atomic E-state index is -1.22. The first-order valence-electron chi connectivity index (χ1n) is 6.35. The molecule has 0 bridgehead atoms. The van der Waals surface area contributed by atoms with Crippen molar-refractivity contribution in [3.05, 3.63) is 0 Å². The minimum Gasteiger partial charge on any atom is -0.481 e. The molecule has 0 radical (unpaired) electrons. The first-order valence-corrected chi connectivity index (χ1v) is 7.34. The van der Waals surface area contributed by atoms with Gasteiger partial charge in [-0.15, -0.1) is 0 Å². The van der Waals surface area contributed by atoms with Crippen molar-refractivity contribution in [1.29, 1.82) is 0 Å². The highest BCUT2D eigenvalue weighted by Crippen LogP contribution is 2.29. The van der Waals surface area contributed by atoms with Crippen molar-refractivity contribution in [2.45, 2.75) is 37.5 Å². The van der Waals surface area contributed by atoms with Gasteiger partial charge in [0.05, 0.1) is 0 Å². The monoisotopic (exact) mass is 304 g/mol. The second-order valence-corrected chi connectivity index (χ2v) is 7.10. The molecule has 1 atom stereocenters. The highest BCUT2D eigenvalue weighted by Gasteiger charge is 2.31. The van der Waals surface area contributed by atoms with Crippen molar-refractivity contribution in [2.24, 2.45) is 0 Å². The number of carbonyl (C=O) groups excluding carboxylic acids is 1. The van der Waals surface area contributed by atoms with Crippen LogP contribution in [0.5, 0.6) is 0 Å². The molecule has 20 heavy (non-hydrogen) atoms. The molecule has 7 nitrogen and oxygen atoms in total. The Labute approximate surface area is 121 Å². The topological polar surface area (TPSA) is 107 Å². The molecule has 0 aromatic carbocycles. The number of nitrogens with one attached hydrogen (secondary N) is 1. The lowest BCUT2D eigenvalue weighted by atomic mass is 10.1. The fourth-order valence-corrected chi connectivity index (χ4v) is 3.07. The van der Waals surface area contributed by atoms with Gasteiger partial charge < -0.3 is 20.4 Å². The van der Waals surface area contributed by atoms with Gasteiger partial charge in [0.2, 0.25) is 0 Å². The summed E-state index contributed by atoms with van der Waals surface area (Å²) < 4.78 is -0.0601. The van der Waals surface area contributed by atoms with Crippen molar-refractivity contribution in [1.82, 2.24) is 10.2 Å². The van der Waals surface area contributed by atoms with Gasteiger partial charge in [-0.2, -0.15) is 11.8 Å². The third-order valence-corrected chi connectivity index (χ3v) is 4.25. The van der Waals surface area contributed by atoms with E-state index in [0.717, 1.165) is 5.75 Å². The molecule has 0 spiro atoms. The van der Waals surface area contributed by atoms with E-state index in [2.05, 4.69) is 5.32 Å². The summed E-state index contributed by atoms with van der Waals surface area (Å²) in [5, 5.41) is 20.0. The molecule has 1 aliphatic rings. The lowest BCUT2D eigenvalue weighted by molar-refractivity contribution is -0.140. The fourth-order valence-electron chi connectivity index (χ4n) is 1.96. The lowest BCUT2D eigenvalue weighted by Crippen LogP contribution is -2.53. The second-order valence-electron chi connectivity index (χ2n) is 5.30. The summed E-state index contributed by atoms with van der Waals surface area (Å²) in [7, 11) is 0. The van der Waals surface area contributed by atoms with Crippen molar-refractivity contribution in [3.63, 3.8) is 0 Å². The quantitative estimate of drug-likeness (QED) is 0.695. The number of urea groups is 1. The Morgan fingerprint density at radius 3 is 2.50 bits per heavy atom. The molecular weight excluding hydrogens is 284 g/mol. The molecule has 1 saturated heterocycles. The smallest absolute Gasteiger partial charge is 0.326 e. The van der Waals surface area contributed by atoms with E-state index in [1.165, 1.54) is 0 Å². The molecule has 1 rings (SSSR count). The summed E-state index contributed by atoms with van der Waals surface area (Å²) in [5.41, 5.74) is 0. The predicted octanol–water partition coefficient (Wildman–Crippen LogP) is 0.841. The van der Waals surface area contributed by atoms with Crippen molar-refractivity contribution >= 4 is 29.7 Å². The van der Waals surface area contributed by atoms with Gasteiger partial charge in [-0.1, -0.05) is 0 Å². The Balaban J connectivity index is 2.57. The Kier molecular flexibility index (Phi) is 5.67. The molecule has 0 aromatic rings. The molecule has 0 saturated carbocycles. The van der Waals surface area contributed by atoms with E-state index >= 15 is 0 Å². The van der Waals surface area contributed by atoms with E-state index in [9.17, 15) is 14.4 Å². The van der Waals surface area contributed by atoms with Crippen LogP contribution in [0.2, 0.25) is 0 Å².